The smallest absolute Gasteiger partial charge is 0.259 e. The van der Waals surface area contributed by atoms with Crippen molar-refractivity contribution in [1.29, 1.82) is 5.26 Å². The second-order valence-corrected chi connectivity index (χ2v) is 7.64. The van der Waals surface area contributed by atoms with Crippen LogP contribution in [0.1, 0.15) is 53.4 Å². The molecule has 28 heavy (non-hydrogen) atoms. The first-order chi connectivity index (χ1) is 13.4. The van der Waals surface area contributed by atoms with Crippen molar-refractivity contribution < 1.29 is 9.53 Å². The molecule has 2 aromatic carbocycles. The van der Waals surface area contributed by atoms with E-state index in [2.05, 4.69) is 11.4 Å². The molecule has 2 aromatic rings. The van der Waals surface area contributed by atoms with E-state index in [1.807, 2.05) is 62.9 Å². The molecule has 5 nitrogen and oxygen atoms in total. The Labute approximate surface area is 165 Å². The van der Waals surface area contributed by atoms with Gasteiger partial charge in [-0.25, -0.2) is 0 Å². The molecule has 5 heteroatoms. The number of ether oxygens (including phenoxy) is 1. The van der Waals surface area contributed by atoms with E-state index in [-0.39, 0.29) is 5.91 Å². The lowest BCUT2D eigenvalue weighted by molar-refractivity contribution is 0.0840. The average molecular weight is 373 g/mol. The summed E-state index contributed by atoms with van der Waals surface area (Å²) in [5.74, 6) is 0.674. The Morgan fingerprint density at radius 1 is 1.25 bits per heavy atom. The lowest BCUT2D eigenvalue weighted by Gasteiger charge is -2.40. The van der Waals surface area contributed by atoms with Gasteiger partial charge in [-0.2, -0.15) is 5.26 Å². The molecular formula is C23H23N3O2. The number of likely N-dealkylation sites (N-methyl/N-ethyl adjacent to an activating group) is 1. The molecule has 0 saturated carbocycles. The minimum absolute atomic E-state index is 0.0218. The molecule has 2 aliphatic rings. The fourth-order valence-electron chi connectivity index (χ4n) is 4.10. The normalized spacial score (nSPS) is 17.0. The van der Waals surface area contributed by atoms with E-state index in [9.17, 15) is 10.1 Å². The Kier molecular flexibility index (Phi) is 4.15. The van der Waals surface area contributed by atoms with Gasteiger partial charge in [-0.15, -0.1) is 0 Å². The number of nitrogens with zero attached hydrogens (tertiary/aromatic N) is 2. The summed E-state index contributed by atoms with van der Waals surface area (Å²) in [6.07, 6.45) is 0. The van der Waals surface area contributed by atoms with E-state index >= 15 is 0 Å². The predicted molar refractivity (Wildman–Crippen MR) is 108 cm³/mol. The third-order valence-corrected chi connectivity index (χ3v) is 5.43. The largest absolute Gasteiger partial charge is 0.481 e. The fraction of sp³-hybridized carbons (Fsp3) is 0.304. The zero-order chi connectivity index (χ0) is 20.1. The van der Waals surface area contributed by atoms with Gasteiger partial charge in [0.15, 0.2) is 0 Å². The van der Waals surface area contributed by atoms with Crippen molar-refractivity contribution in [1.82, 2.24) is 10.2 Å². The third kappa shape index (κ3) is 2.56. The Morgan fingerprint density at radius 3 is 2.68 bits per heavy atom. The highest BCUT2D eigenvalue weighted by atomic mass is 16.5. The third-order valence-electron chi connectivity index (χ3n) is 5.43. The van der Waals surface area contributed by atoms with Crippen LogP contribution in [0.25, 0.3) is 5.70 Å². The van der Waals surface area contributed by atoms with E-state index in [0.29, 0.717) is 24.4 Å². The standard InChI is InChI=1S/C23H23N3O2/c1-5-25-21-20(26-13-16-8-6-7-9-17(16)22(26)27)19-14(2)15(12-24)10-11-18(19)28-23(21,3)4/h6-11,25H,5,13H2,1-4H3. The molecule has 4 rings (SSSR count). The van der Waals surface area contributed by atoms with Gasteiger partial charge < -0.3 is 15.0 Å². The summed E-state index contributed by atoms with van der Waals surface area (Å²) in [6.45, 7) is 9.13. The van der Waals surface area contributed by atoms with Gasteiger partial charge in [0.2, 0.25) is 0 Å². The summed E-state index contributed by atoms with van der Waals surface area (Å²) in [5.41, 5.74) is 5.00. The first kappa shape index (κ1) is 18.1. The molecule has 0 aliphatic carbocycles. The number of nitrogens with one attached hydrogen (secondary N) is 1. The van der Waals surface area contributed by atoms with Crippen molar-refractivity contribution in [2.75, 3.05) is 6.54 Å². The molecule has 1 N–H and O–H groups in total. The van der Waals surface area contributed by atoms with Crippen LogP contribution >= 0.6 is 0 Å². The van der Waals surface area contributed by atoms with E-state index < -0.39 is 5.60 Å². The zero-order valence-corrected chi connectivity index (χ0v) is 16.6. The lowest BCUT2D eigenvalue weighted by atomic mass is 9.90. The van der Waals surface area contributed by atoms with Crippen molar-refractivity contribution >= 4 is 11.6 Å². The minimum atomic E-state index is -0.631. The molecule has 0 fully saturated rings. The highest BCUT2D eigenvalue weighted by Gasteiger charge is 2.42. The van der Waals surface area contributed by atoms with Crippen LogP contribution in [-0.4, -0.2) is 23.0 Å². The molecule has 0 atom stereocenters. The molecule has 0 unspecified atom stereocenters. The summed E-state index contributed by atoms with van der Waals surface area (Å²) >= 11 is 0. The quantitative estimate of drug-likeness (QED) is 0.884. The molecule has 2 aliphatic heterocycles. The van der Waals surface area contributed by atoms with Crippen LogP contribution in [0.4, 0.5) is 0 Å². The molecule has 1 amide bonds. The van der Waals surface area contributed by atoms with Crippen molar-refractivity contribution in [3.63, 3.8) is 0 Å². The van der Waals surface area contributed by atoms with Gasteiger partial charge in [0.1, 0.15) is 11.4 Å². The van der Waals surface area contributed by atoms with Crippen molar-refractivity contribution in [3.8, 4) is 11.8 Å². The first-order valence-corrected chi connectivity index (χ1v) is 9.50. The highest BCUT2D eigenvalue weighted by Crippen LogP contribution is 2.45. The number of benzene rings is 2. The van der Waals surface area contributed by atoms with E-state index in [1.54, 1.807) is 6.07 Å². The van der Waals surface area contributed by atoms with Crippen LogP contribution in [0.15, 0.2) is 42.1 Å². The Bertz CT molecular complexity index is 1060. The maximum absolute atomic E-state index is 13.3. The SMILES string of the molecule is CCNC1=C(N2Cc3ccccc3C2=O)c2c(ccc(C#N)c2C)OC1(C)C. The number of fused-ring (bicyclic) bond motifs is 2. The van der Waals surface area contributed by atoms with Crippen molar-refractivity contribution in [3.05, 3.63) is 69.9 Å². The lowest BCUT2D eigenvalue weighted by Crippen LogP contribution is -2.44. The van der Waals surface area contributed by atoms with Crippen LogP contribution in [0, 0.1) is 18.3 Å². The Morgan fingerprint density at radius 2 is 2.00 bits per heavy atom. The van der Waals surface area contributed by atoms with Crippen LogP contribution in [-0.2, 0) is 6.54 Å². The van der Waals surface area contributed by atoms with E-state index in [1.165, 1.54) is 0 Å². The van der Waals surface area contributed by atoms with Crippen molar-refractivity contribution in [2.24, 2.45) is 0 Å². The highest BCUT2D eigenvalue weighted by molar-refractivity contribution is 6.04. The van der Waals surface area contributed by atoms with Gasteiger partial charge in [0.05, 0.1) is 29.6 Å². The molecular weight excluding hydrogens is 350 g/mol. The summed E-state index contributed by atoms with van der Waals surface area (Å²) in [7, 11) is 0. The number of amides is 1. The van der Waals surface area contributed by atoms with Gasteiger partial charge >= 0.3 is 0 Å². The minimum Gasteiger partial charge on any atom is -0.481 e. The molecule has 2 heterocycles. The second kappa shape index (κ2) is 6.42. The number of hydrogen-bond donors (Lipinski definition) is 1. The molecule has 0 spiro atoms. The van der Waals surface area contributed by atoms with Gasteiger partial charge in [-0.1, -0.05) is 18.2 Å². The average Bonchev–Trinajstić information content (AvgIpc) is 2.99. The number of rotatable bonds is 3. The summed E-state index contributed by atoms with van der Waals surface area (Å²) in [4.78, 5) is 15.1. The summed E-state index contributed by atoms with van der Waals surface area (Å²) in [6, 6.07) is 13.6. The maximum atomic E-state index is 13.3. The van der Waals surface area contributed by atoms with Gasteiger partial charge in [-0.3, -0.25) is 4.79 Å². The molecule has 0 saturated heterocycles. The molecule has 0 aromatic heterocycles. The fourth-order valence-corrected chi connectivity index (χ4v) is 4.10. The van der Waals surface area contributed by atoms with Crippen LogP contribution in [0.3, 0.4) is 0 Å². The van der Waals surface area contributed by atoms with Crippen LogP contribution < -0.4 is 10.1 Å². The number of carbonyl (C=O) groups excluding carboxylic acids is 1. The van der Waals surface area contributed by atoms with Crippen LogP contribution in [0.2, 0.25) is 0 Å². The van der Waals surface area contributed by atoms with Crippen LogP contribution in [0.5, 0.6) is 5.75 Å². The topological polar surface area (TPSA) is 65.4 Å². The van der Waals surface area contributed by atoms with E-state index in [0.717, 1.165) is 33.6 Å². The zero-order valence-electron chi connectivity index (χ0n) is 16.6. The molecule has 142 valence electrons. The molecule has 0 radical (unpaired) electrons. The first-order valence-electron chi connectivity index (χ1n) is 9.50. The second-order valence-electron chi connectivity index (χ2n) is 7.64. The number of hydrogen-bond acceptors (Lipinski definition) is 4. The summed E-state index contributed by atoms with van der Waals surface area (Å²) < 4.78 is 6.30. The van der Waals surface area contributed by atoms with E-state index in [4.69, 9.17) is 4.74 Å². The maximum Gasteiger partial charge on any atom is 0.259 e. The van der Waals surface area contributed by atoms with Gasteiger partial charge in [-0.05, 0) is 57.0 Å². The predicted octanol–water partition coefficient (Wildman–Crippen LogP) is 3.97. The molecule has 0 bridgehead atoms. The Balaban J connectivity index is 1.99. The number of nitriles is 1. The van der Waals surface area contributed by atoms with Gasteiger partial charge in [0, 0.05) is 17.7 Å². The van der Waals surface area contributed by atoms with Gasteiger partial charge in [0.25, 0.3) is 5.91 Å². The monoisotopic (exact) mass is 373 g/mol. The van der Waals surface area contributed by atoms with Crippen molar-refractivity contribution in [2.45, 2.75) is 39.8 Å². The number of carbonyl (C=O) groups is 1. The summed E-state index contributed by atoms with van der Waals surface area (Å²) in [5, 5.41) is 13.0. The Hall–Kier alpha value is -3.26.